The first kappa shape index (κ1) is 29.3. The van der Waals surface area contributed by atoms with Crippen molar-refractivity contribution in [3.05, 3.63) is 158 Å². The van der Waals surface area contributed by atoms with Crippen molar-refractivity contribution in [3.8, 4) is 44.1 Å². The Morgan fingerprint density at radius 2 is 0.673 bits per heavy atom. The molecule has 2 aliphatic heterocycles. The number of fused-ring (bicyclic) bond motifs is 6. The predicted octanol–water partition coefficient (Wildman–Crippen LogP) is 13.4. The minimum absolute atomic E-state index is 0.786. The van der Waals surface area contributed by atoms with Crippen molar-refractivity contribution in [1.29, 1.82) is 0 Å². The Morgan fingerprint density at radius 3 is 1.02 bits per heavy atom. The normalized spacial score (nSPS) is 12.8. The third kappa shape index (κ3) is 4.41. The molecule has 0 saturated heterocycles. The van der Waals surface area contributed by atoms with E-state index in [9.17, 15) is 0 Å². The molecule has 52 heavy (non-hydrogen) atoms. The minimum Gasteiger partial charge on any atom is -0.453 e. The number of para-hydroxylation sites is 8. The molecule has 0 unspecified atom stereocenters. The molecule has 0 atom stereocenters. The first-order valence-electron chi connectivity index (χ1n) is 17.0. The summed E-state index contributed by atoms with van der Waals surface area (Å²) in [6, 6.07) is 53.8. The van der Waals surface area contributed by atoms with Crippen molar-refractivity contribution < 1.29 is 9.47 Å². The van der Waals surface area contributed by atoms with E-state index < -0.39 is 0 Å². The summed E-state index contributed by atoms with van der Waals surface area (Å²) in [5.41, 5.74) is 9.65. The highest BCUT2D eigenvalue weighted by molar-refractivity contribution is 7.24. The Hall–Kier alpha value is -6.48. The quantitative estimate of drug-likeness (QED) is 0.182. The van der Waals surface area contributed by atoms with Crippen molar-refractivity contribution in [2.45, 2.75) is 0 Å². The van der Waals surface area contributed by atoms with Crippen LogP contribution in [0.4, 0.5) is 34.1 Å². The van der Waals surface area contributed by atoms with E-state index in [1.807, 2.05) is 60.7 Å². The summed E-state index contributed by atoms with van der Waals surface area (Å²) in [6.45, 7) is 0. The van der Waals surface area contributed by atoms with Gasteiger partial charge in [0.2, 0.25) is 0 Å². The number of benzene rings is 7. The molecule has 0 bridgehead atoms. The van der Waals surface area contributed by atoms with E-state index in [4.69, 9.17) is 19.4 Å². The van der Waals surface area contributed by atoms with Gasteiger partial charge in [-0.2, -0.15) is 0 Å². The summed E-state index contributed by atoms with van der Waals surface area (Å²) in [5, 5.41) is 1.87. The molecule has 4 heterocycles. The Kier molecular flexibility index (Phi) is 6.49. The molecular weight excluding hydrogens is 681 g/mol. The molecule has 0 N–H and O–H groups in total. The number of anilines is 6. The van der Waals surface area contributed by atoms with Crippen molar-refractivity contribution in [1.82, 2.24) is 9.97 Å². The third-order valence-electron chi connectivity index (χ3n) is 9.49. The number of hydrogen-bond acceptors (Lipinski definition) is 8. The van der Waals surface area contributed by atoms with E-state index in [-0.39, 0.29) is 0 Å². The summed E-state index contributed by atoms with van der Waals surface area (Å²) in [6.07, 6.45) is 0. The van der Waals surface area contributed by atoms with Crippen molar-refractivity contribution in [2.24, 2.45) is 0 Å². The van der Waals surface area contributed by atoms with Crippen LogP contribution in [0.25, 0.3) is 41.6 Å². The molecule has 9 aromatic rings. The van der Waals surface area contributed by atoms with Gasteiger partial charge in [-0.15, -0.1) is 22.7 Å². The van der Waals surface area contributed by atoms with Crippen LogP contribution in [0.1, 0.15) is 0 Å². The summed E-state index contributed by atoms with van der Waals surface area (Å²) < 4.78 is 15.1. The maximum atomic E-state index is 6.51. The van der Waals surface area contributed by atoms with Crippen LogP contribution in [0.3, 0.4) is 0 Å². The second kappa shape index (κ2) is 11.5. The maximum absolute atomic E-state index is 6.51. The standard InChI is InChI=1S/C44H26N4O2S2/c1-3-15-27(16-4-1)43-45-37-39(47-29-19-7-11-23-33(29)49-34-24-12-8-20-30(34)47)42-38(46-44(52-42)28-17-5-2-6-18-28)40(41(37)51-43)48-31-21-9-13-25-35(31)50-36-26-14-10-22-32(36)48/h1-26H. The molecule has 0 radical (unpaired) electrons. The molecule has 0 amide bonds. The molecule has 6 nitrogen and oxygen atoms in total. The van der Waals surface area contributed by atoms with E-state index in [1.165, 1.54) is 0 Å². The van der Waals surface area contributed by atoms with Crippen molar-refractivity contribution in [3.63, 3.8) is 0 Å². The molecule has 0 fully saturated rings. The molecule has 11 rings (SSSR count). The van der Waals surface area contributed by atoms with E-state index in [0.29, 0.717) is 0 Å². The van der Waals surface area contributed by atoms with Crippen LogP contribution in [-0.4, -0.2) is 9.97 Å². The highest BCUT2D eigenvalue weighted by atomic mass is 32.1. The average Bonchev–Trinajstić information content (AvgIpc) is 3.85. The highest BCUT2D eigenvalue weighted by Gasteiger charge is 2.36. The topological polar surface area (TPSA) is 50.7 Å². The Bertz CT molecular complexity index is 2490. The van der Waals surface area contributed by atoms with Crippen LogP contribution in [0.2, 0.25) is 0 Å². The van der Waals surface area contributed by atoms with Gasteiger partial charge in [-0.25, -0.2) is 9.97 Å². The number of rotatable bonds is 4. The van der Waals surface area contributed by atoms with Gasteiger partial charge < -0.3 is 9.47 Å². The summed E-state index contributed by atoms with van der Waals surface area (Å²) >= 11 is 3.39. The van der Waals surface area contributed by atoms with Crippen LogP contribution in [0, 0.1) is 0 Å². The van der Waals surface area contributed by atoms with Gasteiger partial charge in [0, 0.05) is 11.1 Å². The molecule has 246 valence electrons. The zero-order chi connectivity index (χ0) is 34.2. The van der Waals surface area contributed by atoms with Gasteiger partial charge in [-0.1, -0.05) is 109 Å². The monoisotopic (exact) mass is 706 g/mol. The fourth-order valence-electron chi connectivity index (χ4n) is 7.21. The van der Waals surface area contributed by atoms with Crippen LogP contribution >= 0.6 is 22.7 Å². The van der Waals surface area contributed by atoms with Crippen LogP contribution in [-0.2, 0) is 0 Å². The lowest BCUT2D eigenvalue weighted by Gasteiger charge is -2.35. The molecule has 0 spiro atoms. The zero-order valence-corrected chi connectivity index (χ0v) is 29.1. The van der Waals surface area contributed by atoms with Gasteiger partial charge in [-0.3, -0.25) is 9.80 Å². The molecule has 7 aromatic carbocycles. The maximum Gasteiger partial charge on any atom is 0.151 e. The van der Waals surface area contributed by atoms with Gasteiger partial charge >= 0.3 is 0 Å². The molecule has 8 heteroatoms. The Labute approximate surface area is 307 Å². The fourth-order valence-corrected chi connectivity index (χ4v) is 9.43. The van der Waals surface area contributed by atoms with E-state index in [2.05, 4.69) is 107 Å². The van der Waals surface area contributed by atoms with Crippen LogP contribution in [0.5, 0.6) is 23.0 Å². The number of ether oxygens (including phenoxy) is 2. The minimum atomic E-state index is 0.786. The first-order chi connectivity index (χ1) is 25.8. The lowest BCUT2D eigenvalue weighted by Crippen LogP contribution is -2.18. The van der Waals surface area contributed by atoms with Crippen LogP contribution < -0.4 is 19.3 Å². The molecule has 0 aliphatic carbocycles. The van der Waals surface area contributed by atoms with E-state index in [0.717, 1.165) is 98.7 Å². The molecule has 2 aliphatic rings. The van der Waals surface area contributed by atoms with Gasteiger partial charge in [0.25, 0.3) is 0 Å². The van der Waals surface area contributed by atoms with E-state index >= 15 is 0 Å². The SMILES string of the molecule is c1ccc(-c2nc3c(N4c5ccccc5Oc5ccccc54)c4sc(-c5ccccc5)nc4c(N4c5ccccc5Oc5ccccc54)c3s2)cc1. The average molecular weight is 707 g/mol. The van der Waals surface area contributed by atoms with Crippen LogP contribution in [0.15, 0.2) is 158 Å². The molecular formula is C44H26N4O2S2. The highest BCUT2D eigenvalue weighted by Crippen LogP contribution is 2.60. The number of thiazole rings is 2. The van der Waals surface area contributed by atoms with Crippen molar-refractivity contribution in [2.75, 3.05) is 9.80 Å². The van der Waals surface area contributed by atoms with Gasteiger partial charge in [0.15, 0.2) is 23.0 Å². The smallest absolute Gasteiger partial charge is 0.151 e. The third-order valence-corrected chi connectivity index (χ3v) is 11.7. The van der Waals surface area contributed by atoms with Gasteiger partial charge in [0.1, 0.15) is 21.0 Å². The fraction of sp³-hybridized carbons (Fsp3) is 0. The largest absolute Gasteiger partial charge is 0.453 e. The second-order valence-corrected chi connectivity index (χ2v) is 14.6. The van der Waals surface area contributed by atoms with Gasteiger partial charge in [-0.05, 0) is 48.5 Å². The summed E-state index contributed by atoms with van der Waals surface area (Å²) in [4.78, 5) is 15.8. The van der Waals surface area contributed by atoms with E-state index in [1.54, 1.807) is 22.7 Å². The lowest BCUT2D eigenvalue weighted by molar-refractivity contribution is 0.477. The Balaban J connectivity index is 1.32. The predicted molar refractivity (Wildman–Crippen MR) is 213 cm³/mol. The second-order valence-electron chi connectivity index (χ2n) is 12.6. The molecule has 2 aromatic heterocycles. The Morgan fingerprint density at radius 1 is 0.365 bits per heavy atom. The van der Waals surface area contributed by atoms with Crippen molar-refractivity contribution >= 4 is 77.2 Å². The number of hydrogen-bond donors (Lipinski definition) is 0. The number of nitrogens with zero attached hydrogens (tertiary/aromatic N) is 4. The summed E-state index contributed by atoms with van der Waals surface area (Å²) in [5.74, 6) is 3.14. The molecule has 0 saturated carbocycles. The zero-order valence-electron chi connectivity index (χ0n) is 27.4. The lowest BCUT2D eigenvalue weighted by atomic mass is 10.1. The number of aromatic nitrogens is 2. The first-order valence-corrected chi connectivity index (χ1v) is 18.6. The summed E-state index contributed by atoms with van der Waals surface area (Å²) in [7, 11) is 0. The van der Waals surface area contributed by atoms with Gasteiger partial charge in [0.05, 0.1) is 43.5 Å².